The third-order valence-electron chi connectivity index (χ3n) is 4.02. The summed E-state index contributed by atoms with van der Waals surface area (Å²) < 4.78 is 12.4. The molecule has 2 aromatic carbocycles. The zero-order valence-electron chi connectivity index (χ0n) is 13.4. The summed E-state index contributed by atoms with van der Waals surface area (Å²) >= 11 is 3.41. The molecule has 0 radical (unpaired) electrons. The van der Waals surface area contributed by atoms with Crippen LogP contribution in [0.4, 0.5) is 4.79 Å². The number of nitrogens with zero attached hydrogens (tertiary/aromatic N) is 1. The van der Waals surface area contributed by atoms with Gasteiger partial charge in [-0.2, -0.15) is 0 Å². The molecule has 0 bridgehead atoms. The molecule has 0 spiro atoms. The molecule has 0 aromatic heterocycles. The van der Waals surface area contributed by atoms with Crippen molar-refractivity contribution in [2.45, 2.75) is 25.6 Å². The summed E-state index contributed by atoms with van der Waals surface area (Å²) in [6.07, 6.45) is 1.53. The minimum Gasteiger partial charge on any atom is -0.490 e. The number of halogens is 1. The number of ether oxygens (including phenoxy) is 2. The second-order valence-corrected chi connectivity index (χ2v) is 6.71. The average Bonchev–Trinajstić information content (AvgIpc) is 2.63. The van der Waals surface area contributed by atoms with Gasteiger partial charge in [-0.15, -0.1) is 0 Å². The van der Waals surface area contributed by atoms with E-state index >= 15 is 0 Å². The number of likely N-dealkylation sites (tertiary alicyclic amines) is 1. The van der Waals surface area contributed by atoms with Crippen LogP contribution in [0.1, 0.15) is 18.4 Å². The fourth-order valence-electron chi connectivity index (χ4n) is 2.67. The van der Waals surface area contributed by atoms with Crippen molar-refractivity contribution < 1.29 is 14.3 Å². The van der Waals surface area contributed by atoms with E-state index in [1.807, 2.05) is 54.6 Å². The summed E-state index contributed by atoms with van der Waals surface area (Å²) in [4.78, 5) is 13.9. The Bertz CT molecular complexity index is 652. The van der Waals surface area contributed by atoms with Crippen molar-refractivity contribution in [3.8, 4) is 5.75 Å². The quantitative estimate of drug-likeness (QED) is 0.764. The Kier molecular flexibility index (Phi) is 5.75. The van der Waals surface area contributed by atoms with Crippen LogP contribution >= 0.6 is 15.9 Å². The molecule has 1 fully saturated rings. The van der Waals surface area contributed by atoms with E-state index in [0.717, 1.165) is 28.6 Å². The first-order chi connectivity index (χ1) is 11.7. The van der Waals surface area contributed by atoms with E-state index in [9.17, 15) is 4.79 Å². The number of carbonyl (C=O) groups is 1. The first kappa shape index (κ1) is 16.8. The van der Waals surface area contributed by atoms with Gasteiger partial charge in [0.25, 0.3) is 0 Å². The van der Waals surface area contributed by atoms with Crippen LogP contribution < -0.4 is 4.74 Å². The lowest BCUT2D eigenvalue weighted by Gasteiger charge is -2.31. The third-order valence-corrected chi connectivity index (χ3v) is 4.55. The third kappa shape index (κ3) is 4.74. The minimum atomic E-state index is -0.249. The summed E-state index contributed by atoms with van der Waals surface area (Å²) in [5.41, 5.74) is 0.999. The van der Waals surface area contributed by atoms with Crippen molar-refractivity contribution in [1.82, 2.24) is 4.90 Å². The zero-order chi connectivity index (χ0) is 16.8. The summed E-state index contributed by atoms with van der Waals surface area (Å²) in [7, 11) is 0. The predicted octanol–water partition coefficient (Wildman–Crippen LogP) is 4.63. The van der Waals surface area contributed by atoms with E-state index in [2.05, 4.69) is 15.9 Å². The first-order valence-electron chi connectivity index (χ1n) is 8.08. The summed E-state index contributed by atoms with van der Waals surface area (Å²) in [6.45, 7) is 1.64. The number of carbonyl (C=O) groups excluding carboxylic acids is 1. The van der Waals surface area contributed by atoms with E-state index in [-0.39, 0.29) is 12.2 Å². The monoisotopic (exact) mass is 389 g/mol. The highest BCUT2D eigenvalue weighted by atomic mass is 79.9. The lowest BCUT2D eigenvalue weighted by Crippen LogP contribution is -2.42. The fraction of sp³-hybridized carbons (Fsp3) is 0.316. The number of piperidine rings is 1. The van der Waals surface area contributed by atoms with Gasteiger partial charge in [0, 0.05) is 30.4 Å². The Hall–Kier alpha value is -2.01. The van der Waals surface area contributed by atoms with Gasteiger partial charge in [-0.3, -0.25) is 0 Å². The molecule has 5 heteroatoms. The number of rotatable bonds is 4. The molecule has 126 valence electrons. The molecule has 1 heterocycles. The van der Waals surface area contributed by atoms with Gasteiger partial charge in [0.15, 0.2) is 0 Å². The van der Waals surface area contributed by atoms with Gasteiger partial charge in [-0.1, -0.05) is 46.3 Å². The first-order valence-corrected chi connectivity index (χ1v) is 8.88. The predicted molar refractivity (Wildman–Crippen MR) is 96.0 cm³/mol. The molecule has 0 unspecified atom stereocenters. The molecule has 0 aliphatic carbocycles. The topological polar surface area (TPSA) is 38.8 Å². The van der Waals surface area contributed by atoms with Crippen LogP contribution in [0.25, 0.3) is 0 Å². The zero-order valence-corrected chi connectivity index (χ0v) is 14.9. The van der Waals surface area contributed by atoms with Crippen LogP contribution in [0.2, 0.25) is 0 Å². The molecule has 3 rings (SSSR count). The number of benzene rings is 2. The highest BCUT2D eigenvalue weighted by Gasteiger charge is 2.24. The van der Waals surface area contributed by atoms with E-state index in [1.54, 1.807) is 4.90 Å². The van der Waals surface area contributed by atoms with Gasteiger partial charge in [0.2, 0.25) is 0 Å². The highest BCUT2D eigenvalue weighted by molar-refractivity contribution is 9.10. The van der Waals surface area contributed by atoms with Crippen LogP contribution in [0.3, 0.4) is 0 Å². The summed E-state index contributed by atoms with van der Waals surface area (Å²) in [5.74, 6) is 0.864. The Morgan fingerprint density at radius 1 is 1.04 bits per heavy atom. The fourth-order valence-corrected chi connectivity index (χ4v) is 2.94. The molecule has 0 atom stereocenters. The molecule has 1 aliphatic heterocycles. The van der Waals surface area contributed by atoms with Crippen molar-refractivity contribution in [3.05, 3.63) is 64.6 Å². The highest BCUT2D eigenvalue weighted by Crippen LogP contribution is 2.21. The number of amides is 1. The van der Waals surface area contributed by atoms with Gasteiger partial charge in [0.1, 0.15) is 18.5 Å². The van der Waals surface area contributed by atoms with Crippen molar-refractivity contribution in [1.29, 1.82) is 0 Å². The van der Waals surface area contributed by atoms with Crippen LogP contribution in [0.15, 0.2) is 59.1 Å². The molecule has 2 aromatic rings. The van der Waals surface area contributed by atoms with Crippen molar-refractivity contribution in [2.24, 2.45) is 0 Å². The Balaban J connectivity index is 1.42. The molecule has 24 heavy (non-hydrogen) atoms. The Morgan fingerprint density at radius 2 is 1.71 bits per heavy atom. The lowest BCUT2D eigenvalue weighted by atomic mass is 10.1. The average molecular weight is 390 g/mol. The van der Waals surface area contributed by atoms with Crippen LogP contribution in [0.5, 0.6) is 5.75 Å². The largest absolute Gasteiger partial charge is 0.490 e. The minimum absolute atomic E-state index is 0.143. The second kappa shape index (κ2) is 8.20. The van der Waals surface area contributed by atoms with Crippen LogP contribution in [-0.2, 0) is 11.3 Å². The van der Waals surface area contributed by atoms with Crippen LogP contribution in [-0.4, -0.2) is 30.2 Å². The Morgan fingerprint density at radius 3 is 2.38 bits per heavy atom. The van der Waals surface area contributed by atoms with Gasteiger partial charge < -0.3 is 14.4 Å². The molecule has 1 aliphatic rings. The smallest absolute Gasteiger partial charge is 0.410 e. The van der Waals surface area contributed by atoms with Gasteiger partial charge in [-0.05, 0) is 29.8 Å². The van der Waals surface area contributed by atoms with Gasteiger partial charge in [-0.25, -0.2) is 4.79 Å². The van der Waals surface area contributed by atoms with Crippen molar-refractivity contribution in [2.75, 3.05) is 13.1 Å². The molecule has 0 saturated carbocycles. The SMILES string of the molecule is O=C(OCc1ccccc1)N1CCC(Oc2ccc(Br)cc2)CC1. The number of hydrogen-bond acceptors (Lipinski definition) is 3. The van der Waals surface area contributed by atoms with E-state index in [1.165, 1.54) is 0 Å². The van der Waals surface area contributed by atoms with Gasteiger partial charge in [0.05, 0.1) is 0 Å². The Labute approximate surface area is 150 Å². The molecule has 0 N–H and O–H groups in total. The maximum absolute atomic E-state index is 12.1. The van der Waals surface area contributed by atoms with Crippen LogP contribution in [0, 0.1) is 0 Å². The normalized spacial score (nSPS) is 15.1. The molecular weight excluding hydrogens is 370 g/mol. The van der Waals surface area contributed by atoms with Crippen molar-refractivity contribution in [3.63, 3.8) is 0 Å². The van der Waals surface area contributed by atoms with E-state index < -0.39 is 0 Å². The number of hydrogen-bond donors (Lipinski definition) is 0. The van der Waals surface area contributed by atoms with E-state index in [0.29, 0.717) is 19.7 Å². The summed E-state index contributed by atoms with van der Waals surface area (Å²) in [5, 5.41) is 0. The maximum Gasteiger partial charge on any atom is 0.410 e. The maximum atomic E-state index is 12.1. The molecule has 1 amide bonds. The van der Waals surface area contributed by atoms with Crippen molar-refractivity contribution >= 4 is 22.0 Å². The molecule has 4 nitrogen and oxygen atoms in total. The lowest BCUT2D eigenvalue weighted by molar-refractivity contribution is 0.0638. The van der Waals surface area contributed by atoms with Gasteiger partial charge >= 0.3 is 6.09 Å². The summed E-state index contributed by atoms with van der Waals surface area (Å²) in [6, 6.07) is 17.5. The molecule has 1 saturated heterocycles. The standard InChI is InChI=1S/C19H20BrNO3/c20-16-6-8-17(9-7-16)24-18-10-12-21(13-11-18)19(22)23-14-15-4-2-1-3-5-15/h1-9,18H,10-14H2. The van der Waals surface area contributed by atoms with E-state index in [4.69, 9.17) is 9.47 Å². The molecular formula is C19H20BrNO3. The second-order valence-electron chi connectivity index (χ2n) is 5.80.